The molecule has 2 rings (SSSR count). The Bertz CT molecular complexity index is 597. The molecule has 1 aromatic rings. The summed E-state index contributed by atoms with van der Waals surface area (Å²) in [7, 11) is 3.72. The summed E-state index contributed by atoms with van der Waals surface area (Å²) in [5.74, 6) is -0.339. The molecule has 1 heterocycles. The first-order valence-corrected chi connectivity index (χ1v) is 5.64. The van der Waals surface area contributed by atoms with E-state index in [-0.39, 0.29) is 5.84 Å². The number of aliphatic imine (C=N–C) groups is 1. The number of halogens is 3. The molecule has 1 aromatic carbocycles. The summed E-state index contributed by atoms with van der Waals surface area (Å²) < 4.78 is 38.1. The summed E-state index contributed by atoms with van der Waals surface area (Å²) in [6.45, 7) is 0. The van der Waals surface area contributed by atoms with Crippen molar-refractivity contribution in [2.45, 2.75) is 6.18 Å². The molecule has 0 atom stereocenters. The monoisotopic (exact) mass is 283 g/mol. The Balaban J connectivity index is 2.34. The molecular formula is C12H12F3N5. The molecule has 2 N–H and O–H groups in total. The molecule has 106 valence electrons. The maximum absolute atomic E-state index is 12.7. The second-order valence-corrected chi connectivity index (χ2v) is 4.30. The Morgan fingerprint density at radius 1 is 1.10 bits per heavy atom. The molecule has 0 spiro atoms. The summed E-state index contributed by atoms with van der Waals surface area (Å²) >= 11 is 0. The van der Waals surface area contributed by atoms with Gasteiger partial charge in [0.25, 0.3) is 0 Å². The molecule has 0 aromatic heterocycles. The van der Waals surface area contributed by atoms with E-state index >= 15 is 0 Å². The highest BCUT2D eigenvalue weighted by atomic mass is 19.4. The van der Waals surface area contributed by atoms with Crippen molar-refractivity contribution in [1.29, 1.82) is 0 Å². The lowest BCUT2D eigenvalue weighted by Crippen LogP contribution is -2.36. The molecule has 0 radical (unpaired) electrons. The van der Waals surface area contributed by atoms with Crippen LogP contribution in [0.2, 0.25) is 0 Å². The van der Waals surface area contributed by atoms with Crippen LogP contribution in [0.15, 0.2) is 39.5 Å². The number of nitrogens with two attached hydrogens (primary N) is 1. The molecule has 0 saturated heterocycles. The van der Waals surface area contributed by atoms with Gasteiger partial charge in [-0.25, -0.2) is 4.99 Å². The van der Waals surface area contributed by atoms with Crippen molar-refractivity contribution in [1.82, 2.24) is 0 Å². The van der Waals surface area contributed by atoms with Gasteiger partial charge in [-0.1, -0.05) is 0 Å². The minimum absolute atomic E-state index is 0.339. The summed E-state index contributed by atoms with van der Waals surface area (Å²) in [6.07, 6.45) is -4.63. The van der Waals surface area contributed by atoms with Crippen LogP contribution in [0, 0.1) is 0 Å². The number of rotatable bonds is 2. The van der Waals surface area contributed by atoms with Gasteiger partial charge in [0.05, 0.1) is 5.69 Å². The highest BCUT2D eigenvalue weighted by molar-refractivity contribution is 6.70. The Labute approximate surface area is 113 Å². The topological polar surface area (TPSA) is 66.3 Å². The fraction of sp³-hybridized carbons (Fsp3) is 0.250. The van der Waals surface area contributed by atoms with Gasteiger partial charge in [0, 0.05) is 19.8 Å². The van der Waals surface area contributed by atoms with E-state index in [9.17, 15) is 13.2 Å². The molecule has 8 heteroatoms. The van der Waals surface area contributed by atoms with E-state index in [2.05, 4.69) is 15.2 Å². The lowest BCUT2D eigenvalue weighted by molar-refractivity contribution is -0.0565. The third kappa shape index (κ3) is 2.79. The zero-order valence-electron chi connectivity index (χ0n) is 10.8. The average Bonchev–Trinajstić information content (AvgIpc) is 2.71. The first-order valence-electron chi connectivity index (χ1n) is 5.64. The Morgan fingerprint density at radius 3 is 2.20 bits per heavy atom. The lowest BCUT2D eigenvalue weighted by Gasteiger charge is -2.12. The number of anilines is 1. The van der Waals surface area contributed by atoms with E-state index in [0.29, 0.717) is 5.69 Å². The molecule has 0 amide bonds. The van der Waals surface area contributed by atoms with Gasteiger partial charge in [0.1, 0.15) is 5.71 Å². The van der Waals surface area contributed by atoms with Crippen LogP contribution in [0.3, 0.4) is 0 Å². The number of hydrogen-bond donors (Lipinski definition) is 1. The molecule has 0 fully saturated rings. The van der Waals surface area contributed by atoms with Crippen LogP contribution in [0.5, 0.6) is 0 Å². The van der Waals surface area contributed by atoms with Crippen molar-refractivity contribution in [3.8, 4) is 0 Å². The summed E-state index contributed by atoms with van der Waals surface area (Å²) in [6, 6.07) is 6.68. The number of hydrogen-bond acceptors (Lipinski definition) is 5. The van der Waals surface area contributed by atoms with E-state index < -0.39 is 17.6 Å². The quantitative estimate of drug-likeness (QED) is 0.903. The van der Waals surface area contributed by atoms with Gasteiger partial charge < -0.3 is 10.6 Å². The fourth-order valence-corrected chi connectivity index (χ4v) is 1.58. The van der Waals surface area contributed by atoms with Gasteiger partial charge in [0.15, 0.2) is 11.5 Å². The zero-order chi connectivity index (χ0) is 14.9. The normalized spacial score (nSPS) is 17.1. The molecule has 1 aliphatic heterocycles. The third-order valence-corrected chi connectivity index (χ3v) is 2.60. The molecule has 0 bridgehead atoms. The first kappa shape index (κ1) is 14.0. The predicted molar refractivity (Wildman–Crippen MR) is 73.0 cm³/mol. The summed E-state index contributed by atoms with van der Waals surface area (Å²) in [4.78, 5) is 5.74. The van der Waals surface area contributed by atoms with Crippen molar-refractivity contribution in [3.05, 3.63) is 24.3 Å². The zero-order valence-corrected chi connectivity index (χ0v) is 10.8. The SMILES string of the molecule is CN(C)c1ccc(N=C2C(N)=NN=C2C(F)(F)F)cc1. The van der Waals surface area contributed by atoms with E-state index in [0.717, 1.165) is 5.69 Å². The fourth-order valence-electron chi connectivity index (χ4n) is 1.58. The number of amidine groups is 1. The second-order valence-electron chi connectivity index (χ2n) is 4.30. The van der Waals surface area contributed by atoms with Crippen molar-refractivity contribution in [2.24, 2.45) is 20.9 Å². The van der Waals surface area contributed by atoms with Crippen molar-refractivity contribution in [2.75, 3.05) is 19.0 Å². The van der Waals surface area contributed by atoms with Gasteiger partial charge in [-0.15, -0.1) is 10.2 Å². The van der Waals surface area contributed by atoms with E-state index in [4.69, 9.17) is 5.73 Å². The van der Waals surface area contributed by atoms with Gasteiger partial charge in [-0.05, 0) is 24.3 Å². The summed E-state index contributed by atoms with van der Waals surface area (Å²) in [5.41, 5.74) is 5.02. The van der Waals surface area contributed by atoms with Crippen LogP contribution in [0.4, 0.5) is 24.5 Å². The van der Waals surface area contributed by atoms with Crippen molar-refractivity contribution < 1.29 is 13.2 Å². The van der Waals surface area contributed by atoms with Crippen LogP contribution in [-0.2, 0) is 0 Å². The summed E-state index contributed by atoms with van der Waals surface area (Å²) in [5, 5.41) is 6.26. The molecule has 5 nitrogen and oxygen atoms in total. The third-order valence-electron chi connectivity index (χ3n) is 2.60. The molecule has 0 aliphatic carbocycles. The van der Waals surface area contributed by atoms with Crippen molar-refractivity contribution in [3.63, 3.8) is 0 Å². The number of benzene rings is 1. The Kier molecular flexibility index (Phi) is 3.47. The van der Waals surface area contributed by atoms with Crippen LogP contribution in [-0.4, -0.2) is 37.5 Å². The van der Waals surface area contributed by atoms with Gasteiger partial charge >= 0.3 is 6.18 Å². The minimum Gasteiger partial charge on any atom is -0.380 e. The van der Waals surface area contributed by atoms with Crippen molar-refractivity contribution >= 4 is 28.6 Å². The maximum Gasteiger partial charge on any atom is 0.437 e. The van der Waals surface area contributed by atoms with Crippen LogP contribution < -0.4 is 10.6 Å². The smallest absolute Gasteiger partial charge is 0.380 e. The lowest BCUT2D eigenvalue weighted by atomic mass is 10.2. The Morgan fingerprint density at radius 2 is 1.70 bits per heavy atom. The second kappa shape index (κ2) is 4.95. The molecule has 0 unspecified atom stereocenters. The molecule has 20 heavy (non-hydrogen) atoms. The van der Waals surface area contributed by atoms with Crippen LogP contribution in [0.1, 0.15) is 0 Å². The highest BCUT2D eigenvalue weighted by Crippen LogP contribution is 2.24. The predicted octanol–water partition coefficient (Wildman–Crippen LogP) is 2.11. The van der Waals surface area contributed by atoms with Crippen LogP contribution >= 0.6 is 0 Å². The number of nitrogens with zero attached hydrogens (tertiary/aromatic N) is 4. The van der Waals surface area contributed by atoms with Gasteiger partial charge in [0.2, 0.25) is 0 Å². The van der Waals surface area contributed by atoms with E-state index in [1.165, 1.54) is 0 Å². The first-order chi connectivity index (χ1) is 9.29. The average molecular weight is 283 g/mol. The number of alkyl halides is 3. The minimum atomic E-state index is -4.63. The molecule has 0 saturated carbocycles. The molecular weight excluding hydrogens is 271 g/mol. The largest absolute Gasteiger partial charge is 0.437 e. The Hall–Kier alpha value is -2.38. The highest BCUT2D eigenvalue weighted by Gasteiger charge is 2.43. The van der Waals surface area contributed by atoms with Gasteiger partial charge in [-0.2, -0.15) is 13.2 Å². The van der Waals surface area contributed by atoms with Gasteiger partial charge in [-0.3, -0.25) is 0 Å². The van der Waals surface area contributed by atoms with E-state index in [1.54, 1.807) is 24.3 Å². The maximum atomic E-state index is 12.7. The standard InChI is InChI=1S/C12H12F3N5/c1-20(2)8-5-3-7(4-6-8)17-9-10(12(13,14)15)18-19-11(9)16/h3-6H,1-2H3,(H2,16,17,19). The van der Waals surface area contributed by atoms with Crippen LogP contribution in [0.25, 0.3) is 0 Å². The molecule has 1 aliphatic rings. The van der Waals surface area contributed by atoms with E-state index in [1.807, 2.05) is 19.0 Å².